The Morgan fingerprint density at radius 3 is 2.68 bits per heavy atom. The minimum Gasteiger partial charge on any atom is -0.453 e. The number of nitrogens with one attached hydrogen (secondary N) is 1. The molecule has 0 radical (unpaired) electrons. The maximum atomic E-state index is 12.6. The maximum absolute atomic E-state index is 12.6. The van der Waals surface area contributed by atoms with Gasteiger partial charge in [-0.3, -0.25) is 10.1 Å². The number of carbonyl (C=O) groups excluding carboxylic acids is 2. The predicted molar refractivity (Wildman–Crippen MR) is 87.3 cm³/mol. The van der Waals surface area contributed by atoms with E-state index >= 15 is 0 Å². The second-order valence-electron chi connectivity index (χ2n) is 4.80. The molecule has 1 aromatic heterocycles. The van der Waals surface area contributed by atoms with Crippen LogP contribution in [0.2, 0.25) is 0 Å². The fraction of sp³-hybridized carbons (Fsp3) is 0.250. The summed E-state index contributed by atoms with van der Waals surface area (Å²) in [5.41, 5.74) is 1.04. The Labute approximate surface area is 133 Å². The molecule has 6 heteroatoms. The van der Waals surface area contributed by atoms with Crippen LogP contribution in [-0.4, -0.2) is 31.1 Å². The van der Waals surface area contributed by atoms with E-state index in [1.54, 1.807) is 47.5 Å². The Kier molecular flexibility index (Phi) is 5.16. The van der Waals surface area contributed by atoms with Gasteiger partial charge in [-0.15, -0.1) is 11.3 Å². The summed E-state index contributed by atoms with van der Waals surface area (Å²) in [6.45, 7) is 1.99. The number of anilines is 1. The Morgan fingerprint density at radius 1 is 1.27 bits per heavy atom. The SMILES string of the molecule is COC(=O)Nc1cccc(C(=O)N(C)[C@H](C)c2cccs2)c1. The first kappa shape index (κ1) is 16.0. The van der Waals surface area contributed by atoms with Crippen LogP contribution in [0.5, 0.6) is 0 Å². The number of rotatable bonds is 4. The topological polar surface area (TPSA) is 58.6 Å². The van der Waals surface area contributed by atoms with Gasteiger partial charge < -0.3 is 9.64 Å². The van der Waals surface area contributed by atoms with Crippen molar-refractivity contribution in [3.05, 3.63) is 52.2 Å². The van der Waals surface area contributed by atoms with E-state index in [-0.39, 0.29) is 11.9 Å². The molecule has 0 aliphatic heterocycles. The summed E-state index contributed by atoms with van der Waals surface area (Å²) >= 11 is 1.62. The van der Waals surface area contributed by atoms with Gasteiger partial charge in [0.15, 0.2) is 0 Å². The van der Waals surface area contributed by atoms with Crippen LogP contribution in [0, 0.1) is 0 Å². The first-order valence-corrected chi connectivity index (χ1v) is 7.66. The summed E-state index contributed by atoms with van der Waals surface area (Å²) in [6.07, 6.45) is -0.565. The molecule has 22 heavy (non-hydrogen) atoms. The van der Waals surface area contributed by atoms with Gasteiger partial charge in [0.1, 0.15) is 0 Å². The first-order valence-electron chi connectivity index (χ1n) is 6.78. The van der Waals surface area contributed by atoms with E-state index in [0.717, 1.165) is 4.88 Å². The molecule has 0 spiro atoms. The lowest BCUT2D eigenvalue weighted by molar-refractivity contribution is 0.0745. The molecule has 0 unspecified atom stereocenters. The molecule has 1 aromatic carbocycles. The van der Waals surface area contributed by atoms with E-state index in [4.69, 9.17) is 0 Å². The van der Waals surface area contributed by atoms with Crippen LogP contribution in [0.3, 0.4) is 0 Å². The normalized spacial score (nSPS) is 11.6. The number of methoxy groups -OCH3 is 1. The van der Waals surface area contributed by atoms with Gasteiger partial charge in [0, 0.05) is 23.2 Å². The lowest BCUT2D eigenvalue weighted by atomic mass is 10.1. The third-order valence-corrected chi connectivity index (χ3v) is 4.44. The van der Waals surface area contributed by atoms with Crippen LogP contribution in [0.15, 0.2) is 41.8 Å². The standard InChI is InChI=1S/C16H18N2O3S/c1-11(14-8-5-9-22-14)18(2)15(19)12-6-4-7-13(10-12)17-16(20)21-3/h4-11H,1-3H3,(H,17,20)/t11-/m1/s1. The van der Waals surface area contributed by atoms with Crippen molar-refractivity contribution in [1.82, 2.24) is 4.90 Å². The summed E-state index contributed by atoms with van der Waals surface area (Å²) in [5.74, 6) is -0.102. The lowest BCUT2D eigenvalue weighted by Crippen LogP contribution is -2.29. The van der Waals surface area contributed by atoms with Gasteiger partial charge in [-0.25, -0.2) is 4.79 Å². The molecule has 1 atom stereocenters. The Bertz CT molecular complexity index is 655. The molecule has 116 valence electrons. The molecule has 5 nitrogen and oxygen atoms in total. The number of benzene rings is 1. The summed E-state index contributed by atoms with van der Waals surface area (Å²) < 4.78 is 4.55. The zero-order valence-corrected chi connectivity index (χ0v) is 13.5. The fourth-order valence-corrected chi connectivity index (χ4v) is 2.82. The van der Waals surface area contributed by atoms with Gasteiger partial charge in [0.25, 0.3) is 5.91 Å². The Hall–Kier alpha value is -2.34. The van der Waals surface area contributed by atoms with Crippen LogP contribution in [0.1, 0.15) is 28.2 Å². The van der Waals surface area contributed by atoms with Crippen molar-refractivity contribution in [2.75, 3.05) is 19.5 Å². The quantitative estimate of drug-likeness (QED) is 0.934. The summed E-state index contributed by atoms with van der Waals surface area (Å²) in [5, 5.41) is 4.54. The first-order chi connectivity index (χ1) is 10.5. The number of hydrogen-bond donors (Lipinski definition) is 1. The predicted octanol–water partition coefficient (Wildman–Crippen LogP) is 3.76. The van der Waals surface area contributed by atoms with Gasteiger partial charge in [0.05, 0.1) is 13.2 Å². The smallest absolute Gasteiger partial charge is 0.411 e. The van der Waals surface area contributed by atoms with Crippen LogP contribution in [0.4, 0.5) is 10.5 Å². The third kappa shape index (κ3) is 3.65. The minimum atomic E-state index is -0.565. The van der Waals surface area contributed by atoms with Crippen LogP contribution in [0.25, 0.3) is 0 Å². The number of carbonyl (C=O) groups is 2. The second-order valence-corrected chi connectivity index (χ2v) is 5.78. The van der Waals surface area contributed by atoms with E-state index < -0.39 is 6.09 Å². The van der Waals surface area contributed by atoms with Crippen molar-refractivity contribution in [3.63, 3.8) is 0 Å². The average molecular weight is 318 g/mol. The number of hydrogen-bond acceptors (Lipinski definition) is 4. The van der Waals surface area contributed by atoms with Crippen LogP contribution >= 0.6 is 11.3 Å². The molecule has 2 rings (SSSR count). The van der Waals surface area contributed by atoms with E-state index in [1.807, 2.05) is 24.4 Å². The van der Waals surface area contributed by atoms with Crippen molar-refractivity contribution in [3.8, 4) is 0 Å². The highest BCUT2D eigenvalue weighted by molar-refractivity contribution is 7.10. The van der Waals surface area contributed by atoms with E-state index in [9.17, 15) is 9.59 Å². The molecular formula is C16H18N2O3S. The van der Waals surface area contributed by atoms with E-state index in [0.29, 0.717) is 11.3 Å². The molecule has 0 saturated heterocycles. The van der Waals surface area contributed by atoms with Gasteiger partial charge in [-0.1, -0.05) is 12.1 Å². The monoisotopic (exact) mass is 318 g/mol. The third-order valence-electron chi connectivity index (χ3n) is 3.40. The minimum absolute atomic E-state index is 0.00952. The van der Waals surface area contributed by atoms with Crippen molar-refractivity contribution in [2.45, 2.75) is 13.0 Å². The molecule has 0 aliphatic rings. The highest BCUT2D eigenvalue weighted by atomic mass is 32.1. The number of nitrogens with zero attached hydrogens (tertiary/aromatic N) is 1. The number of thiophene rings is 1. The number of amides is 2. The molecule has 2 amide bonds. The second kappa shape index (κ2) is 7.09. The molecular weight excluding hydrogens is 300 g/mol. The largest absolute Gasteiger partial charge is 0.453 e. The molecule has 0 fully saturated rings. The molecule has 2 aromatic rings. The summed E-state index contributed by atoms with van der Waals surface area (Å²) in [7, 11) is 3.06. The van der Waals surface area contributed by atoms with Gasteiger partial charge >= 0.3 is 6.09 Å². The highest BCUT2D eigenvalue weighted by Gasteiger charge is 2.19. The fourth-order valence-electron chi connectivity index (χ4n) is 2.00. The van der Waals surface area contributed by atoms with Crippen molar-refractivity contribution >= 4 is 29.0 Å². The number of ether oxygens (including phenoxy) is 1. The van der Waals surface area contributed by atoms with Crippen molar-refractivity contribution in [2.24, 2.45) is 0 Å². The summed E-state index contributed by atoms with van der Waals surface area (Å²) in [4.78, 5) is 26.6. The van der Waals surface area contributed by atoms with Gasteiger partial charge in [-0.2, -0.15) is 0 Å². The maximum Gasteiger partial charge on any atom is 0.411 e. The molecule has 0 bridgehead atoms. The van der Waals surface area contributed by atoms with Crippen LogP contribution < -0.4 is 5.32 Å². The van der Waals surface area contributed by atoms with Gasteiger partial charge in [-0.05, 0) is 36.6 Å². The van der Waals surface area contributed by atoms with Crippen molar-refractivity contribution < 1.29 is 14.3 Å². The average Bonchev–Trinajstić information content (AvgIpc) is 3.07. The summed E-state index contributed by atoms with van der Waals surface area (Å²) in [6, 6.07) is 10.8. The molecule has 0 saturated carbocycles. The Balaban J connectivity index is 2.15. The van der Waals surface area contributed by atoms with Crippen molar-refractivity contribution in [1.29, 1.82) is 0 Å². The molecule has 1 heterocycles. The highest BCUT2D eigenvalue weighted by Crippen LogP contribution is 2.25. The lowest BCUT2D eigenvalue weighted by Gasteiger charge is -2.24. The van der Waals surface area contributed by atoms with E-state index in [1.165, 1.54) is 7.11 Å². The zero-order valence-electron chi connectivity index (χ0n) is 12.7. The zero-order chi connectivity index (χ0) is 16.1. The van der Waals surface area contributed by atoms with Gasteiger partial charge in [0.2, 0.25) is 0 Å². The Morgan fingerprint density at radius 2 is 2.05 bits per heavy atom. The van der Waals surface area contributed by atoms with E-state index in [2.05, 4.69) is 10.1 Å². The molecule has 1 N–H and O–H groups in total. The molecule has 0 aliphatic carbocycles. The van der Waals surface area contributed by atoms with Crippen LogP contribution in [-0.2, 0) is 4.74 Å².